The van der Waals surface area contributed by atoms with E-state index in [9.17, 15) is 4.79 Å². The Balaban J connectivity index is 1.94. The summed E-state index contributed by atoms with van der Waals surface area (Å²) in [5.41, 5.74) is 2.57. The summed E-state index contributed by atoms with van der Waals surface area (Å²) in [5, 5.41) is 3.58. The van der Waals surface area contributed by atoms with Crippen LogP contribution in [0.25, 0.3) is 0 Å². The van der Waals surface area contributed by atoms with Crippen LogP contribution < -0.4 is 5.32 Å². The number of fused-ring (bicyclic) bond motifs is 2. The van der Waals surface area contributed by atoms with Crippen molar-refractivity contribution in [2.75, 3.05) is 7.11 Å². The van der Waals surface area contributed by atoms with Crippen molar-refractivity contribution < 1.29 is 9.53 Å². The molecule has 0 spiro atoms. The summed E-state index contributed by atoms with van der Waals surface area (Å²) in [6.07, 6.45) is 4.28. The first kappa shape index (κ1) is 15.0. The molecule has 2 bridgehead atoms. The predicted molar refractivity (Wildman–Crippen MR) is 86.3 cm³/mol. The van der Waals surface area contributed by atoms with Crippen molar-refractivity contribution in [3.8, 4) is 0 Å². The fraction of sp³-hybridized carbons (Fsp3) is 0.588. The first-order chi connectivity index (χ1) is 10.1. The third-order valence-corrected chi connectivity index (χ3v) is 5.78. The molecule has 1 aromatic carbocycles. The second kappa shape index (κ2) is 6.09. The van der Waals surface area contributed by atoms with Crippen LogP contribution in [-0.2, 0) is 16.0 Å². The Bertz CT molecular complexity index is 546. The molecule has 3 rings (SSSR count). The maximum absolute atomic E-state index is 12.3. The van der Waals surface area contributed by atoms with Crippen molar-refractivity contribution in [2.24, 2.45) is 5.92 Å². The van der Waals surface area contributed by atoms with Gasteiger partial charge in [-0.1, -0.05) is 35.0 Å². The molecule has 3 nitrogen and oxygen atoms in total. The number of hydrogen-bond donors (Lipinski definition) is 1. The molecule has 1 aromatic rings. The molecule has 114 valence electrons. The van der Waals surface area contributed by atoms with Crippen LogP contribution in [0.15, 0.2) is 22.7 Å². The monoisotopic (exact) mass is 351 g/mol. The highest BCUT2D eigenvalue weighted by Crippen LogP contribution is 2.43. The van der Waals surface area contributed by atoms with Gasteiger partial charge in [0.25, 0.3) is 0 Å². The number of carbonyl (C=O) groups is 1. The minimum absolute atomic E-state index is 0.0619. The normalized spacial score (nSPS) is 31.2. The van der Waals surface area contributed by atoms with E-state index in [0.29, 0.717) is 6.04 Å². The lowest BCUT2D eigenvalue weighted by molar-refractivity contribution is -0.148. The van der Waals surface area contributed by atoms with Gasteiger partial charge in [-0.2, -0.15) is 0 Å². The summed E-state index contributed by atoms with van der Waals surface area (Å²) in [5.74, 6) is 0.125. The van der Waals surface area contributed by atoms with Gasteiger partial charge in [0.15, 0.2) is 0 Å². The lowest BCUT2D eigenvalue weighted by Crippen LogP contribution is -2.48. The Morgan fingerprint density at radius 3 is 2.90 bits per heavy atom. The first-order valence-corrected chi connectivity index (χ1v) is 8.55. The standard InChI is InChI=1S/C17H22BrNO2/c1-3-10-4-5-11(8-14(10)18)13-9-12-6-7-15(19-12)16(13)17(20)21-2/h4-5,8,12-13,15-16,19H,3,6-7,9H2,1-2H3/t12-,13-,15?,16?/m1/s1. The third kappa shape index (κ3) is 2.76. The van der Waals surface area contributed by atoms with Crippen LogP contribution in [0.5, 0.6) is 0 Å². The molecule has 2 unspecified atom stereocenters. The second-order valence-corrected chi connectivity index (χ2v) is 7.00. The number of aryl methyl sites for hydroxylation is 1. The smallest absolute Gasteiger partial charge is 0.310 e. The molecule has 2 heterocycles. The number of halogens is 1. The second-order valence-electron chi connectivity index (χ2n) is 6.14. The largest absolute Gasteiger partial charge is 0.469 e. The number of esters is 1. The van der Waals surface area contributed by atoms with Gasteiger partial charge < -0.3 is 10.1 Å². The van der Waals surface area contributed by atoms with E-state index < -0.39 is 0 Å². The van der Waals surface area contributed by atoms with Crippen LogP contribution in [0, 0.1) is 5.92 Å². The maximum atomic E-state index is 12.3. The molecule has 0 aromatic heterocycles. The van der Waals surface area contributed by atoms with E-state index in [-0.39, 0.29) is 23.8 Å². The number of piperidine rings is 1. The highest BCUT2D eigenvalue weighted by molar-refractivity contribution is 9.10. The lowest BCUT2D eigenvalue weighted by Gasteiger charge is -2.36. The number of rotatable bonds is 3. The van der Waals surface area contributed by atoms with Crippen molar-refractivity contribution in [3.63, 3.8) is 0 Å². The molecule has 0 aliphatic carbocycles. The Morgan fingerprint density at radius 1 is 1.43 bits per heavy atom. The van der Waals surface area contributed by atoms with Crippen molar-refractivity contribution in [1.82, 2.24) is 5.32 Å². The molecule has 21 heavy (non-hydrogen) atoms. The van der Waals surface area contributed by atoms with Crippen molar-refractivity contribution >= 4 is 21.9 Å². The highest BCUT2D eigenvalue weighted by Gasteiger charge is 2.46. The summed E-state index contributed by atoms with van der Waals surface area (Å²) in [6, 6.07) is 7.38. The number of benzene rings is 1. The number of hydrogen-bond acceptors (Lipinski definition) is 3. The molecule has 0 radical (unpaired) electrons. The summed E-state index contributed by atoms with van der Waals surface area (Å²) < 4.78 is 6.23. The summed E-state index contributed by atoms with van der Waals surface area (Å²) >= 11 is 3.66. The maximum Gasteiger partial charge on any atom is 0.310 e. The van der Waals surface area contributed by atoms with Gasteiger partial charge in [-0.15, -0.1) is 0 Å². The van der Waals surface area contributed by atoms with Gasteiger partial charge in [0.1, 0.15) is 0 Å². The Hall–Kier alpha value is -0.870. The minimum atomic E-state index is -0.0754. The molecule has 4 heteroatoms. The summed E-state index contributed by atoms with van der Waals surface area (Å²) in [4.78, 5) is 12.3. The van der Waals surface area contributed by atoms with E-state index in [4.69, 9.17) is 4.74 Å². The zero-order valence-corrected chi connectivity index (χ0v) is 14.2. The zero-order valence-electron chi connectivity index (χ0n) is 12.6. The molecule has 4 atom stereocenters. The Morgan fingerprint density at radius 2 is 2.24 bits per heavy atom. The van der Waals surface area contributed by atoms with Crippen LogP contribution in [0.4, 0.5) is 0 Å². The third-order valence-electron chi connectivity index (χ3n) is 5.04. The van der Waals surface area contributed by atoms with Gasteiger partial charge in [0.2, 0.25) is 0 Å². The van der Waals surface area contributed by atoms with E-state index in [1.807, 2.05) is 0 Å². The average molecular weight is 352 g/mol. The van der Waals surface area contributed by atoms with Crippen LogP contribution in [0.1, 0.15) is 43.2 Å². The molecular weight excluding hydrogens is 330 g/mol. The van der Waals surface area contributed by atoms with E-state index in [1.54, 1.807) is 0 Å². The lowest BCUT2D eigenvalue weighted by atomic mass is 9.77. The summed E-state index contributed by atoms with van der Waals surface area (Å²) in [6.45, 7) is 2.15. The average Bonchev–Trinajstić information content (AvgIpc) is 2.87. The van der Waals surface area contributed by atoms with Gasteiger partial charge in [-0.05, 0) is 42.9 Å². The van der Waals surface area contributed by atoms with Crippen molar-refractivity contribution in [2.45, 2.75) is 50.6 Å². The highest BCUT2D eigenvalue weighted by atomic mass is 79.9. The Labute approximate surface area is 134 Å². The van der Waals surface area contributed by atoms with E-state index in [1.165, 1.54) is 24.7 Å². The SMILES string of the molecule is CCc1ccc([C@H]2C[C@H]3CCC(N3)C2C(=O)OC)cc1Br. The van der Waals surface area contributed by atoms with Gasteiger partial charge in [0.05, 0.1) is 13.0 Å². The summed E-state index contributed by atoms with van der Waals surface area (Å²) in [7, 11) is 1.50. The molecule has 2 fully saturated rings. The van der Waals surface area contributed by atoms with Crippen LogP contribution in [0.3, 0.4) is 0 Å². The predicted octanol–water partition coefficient (Wildman–Crippen LogP) is 3.41. The van der Waals surface area contributed by atoms with Crippen LogP contribution in [0.2, 0.25) is 0 Å². The number of carbonyl (C=O) groups excluding carboxylic acids is 1. The molecule has 2 saturated heterocycles. The van der Waals surface area contributed by atoms with Gasteiger partial charge >= 0.3 is 5.97 Å². The quantitative estimate of drug-likeness (QED) is 0.848. The van der Waals surface area contributed by atoms with E-state index in [0.717, 1.165) is 23.7 Å². The first-order valence-electron chi connectivity index (χ1n) is 7.76. The molecule has 2 aliphatic rings. The number of ether oxygens (including phenoxy) is 1. The van der Waals surface area contributed by atoms with Crippen molar-refractivity contribution in [3.05, 3.63) is 33.8 Å². The minimum Gasteiger partial charge on any atom is -0.469 e. The fourth-order valence-corrected chi connectivity index (χ4v) is 4.62. The zero-order chi connectivity index (χ0) is 15.0. The van der Waals surface area contributed by atoms with E-state index >= 15 is 0 Å². The van der Waals surface area contributed by atoms with Crippen LogP contribution >= 0.6 is 15.9 Å². The van der Waals surface area contributed by atoms with Gasteiger partial charge in [-0.25, -0.2) is 0 Å². The Kier molecular flexibility index (Phi) is 4.36. The van der Waals surface area contributed by atoms with Crippen LogP contribution in [-0.4, -0.2) is 25.2 Å². The van der Waals surface area contributed by atoms with Crippen molar-refractivity contribution in [1.29, 1.82) is 0 Å². The topological polar surface area (TPSA) is 38.3 Å². The molecule has 0 saturated carbocycles. The molecule has 0 amide bonds. The van der Waals surface area contributed by atoms with Gasteiger partial charge in [0, 0.05) is 22.5 Å². The molecule has 1 N–H and O–H groups in total. The van der Waals surface area contributed by atoms with Gasteiger partial charge in [-0.3, -0.25) is 4.79 Å². The molecule has 2 aliphatic heterocycles. The number of methoxy groups -OCH3 is 1. The molecular formula is C17H22BrNO2. The fourth-order valence-electron chi connectivity index (χ4n) is 3.94. The number of nitrogens with one attached hydrogen (secondary N) is 1. The van der Waals surface area contributed by atoms with E-state index in [2.05, 4.69) is 46.4 Å².